The number of rotatable bonds is 12. The second-order valence-electron chi connectivity index (χ2n) is 11.1. The summed E-state index contributed by atoms with van der Waals surface area (Å²) in [5.74, 6) is -1.24. The number of aliphatic carboxylic acids is 1. The monoisotopic (exact) mass is 663 g/mol. The second-order valence-corrected chi connectivity index (χ2v) is 11.5. The Kier molecular flexibility index (Phi) is 10.2. The number of carbonyl (C=O) groups excluding carboxylic acids is 1. The smallest absolute Gasteiger partial charge is 0.497 e. The minimum absolute atomic E-state index is 0.127. The first-order valence-electron chi connectivity index (χ1n) is 14.0. The van der Waals surface area contributed by atoms with Crippen molar-refractivity contribution in [1.82, 2.24) is 0 Å². The molecule has 2 N–H and O–H groups in total. The number of alkyl halides is 3. The molecule has 10 nitrogen and oxygen atoms in total. The summed E-state index contributed by atoms with van der Waals surface area (Å²) in [6, 6.07) is 12.7. The lowest BCUT2D eigenvalue weighted by molar-refractivity contribution is -0.274. The van der Waals surface area contributed by atoms with Crippen LogP contribution in [0.3, 0.4) is 0 Å². The van der Waals surface area contributed by atoms with Gasteiger partial charge in [0.1, 0.15) is 29.9 Å². The average molecular weight is 664 g/mol. The summed E-state index contributed by atoms with van der Waals surface area (Å²) in [4.78, 5) is 31.9. The zero-order valence-corrected chi connectivity index (χ0v) is 26.5. The standard InChI is InChI=1S/C32H33ClF3N3O7/c1-18(38-45-11-10-28(40)41)19-12-21(15-23(13-19)43-4)37-29(24-8-6-20(33)14-27(24)44-5)30(42)39-17-31(2,3)25-9-7-22(16-26(25)39)46-32(34,35)36/h6-9,12-16,29,37H,10-11,17H2,1-5H3,(H,40,41)/b38-18+. The van der Waals surface area contributed by atoms with Crippen LogP contribution in [0.2, 0.25) is 5.02 Å². The molecule has 4 rings (SSSR count). The third-order valence-electron chi connectivity index (χ3n) is 7.28. The van der Waals surface area contributed by atoms with Gasteiger partial charge in [-0.1, -0.05) is 42.7 Å². The van der Waals surface area contributed by atoms with Gasteiger partial charge in [-0.3, -0.25) is 9.59 Å². The number of carboxylic acid groups (broad SMARTS) is 1. The third-order valence-corrected chi connectivity index (χ3v) is 7.51. The van der Waals surface area contributed by atoms with Crippen molar-refractivity contribution in [3.63, 3.8) is 0 Å². The summed E-state index contributed by atoms with van der Waals surface area (Å²) in [6.07, 6.45) is -5.14. The summed E-state index contributed by atoms with van der Waals surface area (Å²) >= 11 is 6.23. The maximum atomic E-state index is 14.5. The van der Waals surface area contributed by atoms with Crippen LogP contribution in [-0.2, 0) is 19.8 Å². The van der Waals surface area contributed by atoms with Crippen LogP contribution >= 0.6 is 11.6 Å². The first-order chi connectivity index (χ1) is 21.6. The van der Waals surface area contributed by atoms with E-state index < -0.39 is 35.4 Å². The number of nitrogens with one attached hydrogen (secondary N) is 1. The number of nitrogens with zero attached hydrogens (tertiary/aromatic N) is 2. The molecule has 0 aromatic heterocycles. The molecule has 0 fully saturated rings. The van der Waals surface area contributed by atoms with Gasteiger partial charge >= 0.3 is 12.3 Å². The lowest BCUT2D eigenvalue weighted by Gasteiger charge is -2.28. The Bertz CT molecular complexity index is 1650. The van der Waals surface area contributed by atoms with Crippen LogP contribution < -0.4 is 24.4 Å². The molecule has 246 valence electrons. The van der Waals surface area contributed by atoms with Crippen molar-refractivity contribution in [2.24, 2.45) is 5.16 Å². The van der Waals surface area contributed by atoms with Gasteiger partial charge in [0.05, 0.1) is 32.0 Å². The van der Waals surface area contributed by atoms with Crippen LogP contribution in [0.25, 0.3) is 0 Å². The summed E-state index contributed by atoms with van der Waals surface area (Å²) in [7, 11) is 2.90. The molecule has 1 atom stereocenters. The number of hydrogen-bond donors (Lipinski definition) is 2. The van der Waals surface area contributed by atoms with E-state index in [1.807, 2.05) is 13.8 Å². The highest BCUT2D eigenvalue weighted by Gasteiger charge is 2.42. The summed E-state index contributed by atoms with van der Waals surface area (Å²) in [5.41, 5.74) is 2.17. The van der Waals surface area contributed by atoms with Gasteiger partial charge in [-0.2, -0.15) is 0 Å². The van der Waals surface area contributed by atoms with Crippen LogP contribution in [0, 0.1) is 0 Å². The van der Waals surface area contributed by atoms with E-state index in [0.29, 0.717) is 44.6 Å². The number of benzene rings is 3. The molecule has 1 unspecified atom stereocenters. The number of methoxy groups -OCH3 is 2. The number of fused-ring (bicyclic) bond motifs is 1. The van der Waals surface area contributed by atoms with Gasteiger partial charge in [0, 0.05) is 45.9 Å². The van der Waals surface area contributed by atoms with Crippen molar-refractivity contribution in [2.45, 2.75) is 45.0 Å². The molecule has 14 heteroatoms. The molecular formula is C32H33ClF3N3O7. The highest BCUT2D eigenvalue weighted by molar-refractivity contribution is 6.30. The molecule has 0 spiro atoms. The van der Waals surface area contributed by atoms with Crippen molar-refractivity contribution in [2.75, 3.05) is 37.6 Å². The minimum Gasteiger partial charge on any atom is -0.497 e. The van der Waals surface area contributed by atoms with E-state index in [0.717, 1.165) is 0 Å². The van der Waals surface area contributed by atoms with E-state index in [-0.39, 0.29) is 25.3 Å². The van der Waals surface area contributed by atoms with E-state index in [1.54, 1.807) is 43.3 Å². The number of halogens is 4. The zero-order chi connectivity index (χ0) is 33.8. The fourth-order valence-corrected chi connectivity index (χ4v) is 5.28. The largest absolute Gasteiger partial charge is 0.573 e. The van der Waals surface area contributed by atoms with Crippen LogP contribution in [0.5, 0.6) is 17.2 Å². The molecular weight excluding hydrogens is 631 g/mol. The quantitative estimate of drug-likeness (QED) is 0.121. The Morgan fingerprint density at radius 1 is 1.07 bits per heavy atom. The van der Waals surface area contributed by atoms with Gasteiger partial charge in [0.15, 0.2) is 0 Å². The van der Waals surface area contributed by atoms with E-state index >= 15 is 0 Å². The predicted molar refractivity (Wildman–Crippen MR) is 166 cm³/mol. The molecule has 0 bridgehead atoms. The van der Waals surface area contributed by atoms with Gasteiger partial charge in [-0.05, 0) is 42.8 Å². The van der Waals surface area contributed by atoms with E-state index in [9.17, 15) is 22.8 Å². The van der Waals surface area contributed by atoms with Crippen LogP contribution in [0.15, 0.2) is 59.8 Å². The van der Waals surface area contributed by atoms with Gasteiger partial charge in [-0.25, -0.2) is 0 Å². The fourth-order valence-electron chi connectivity index (χ4n) is 5.12. The van der Waals surface area contributed by atoms with Crippen LogP contribution in [0.1, 0.15) is 49.9 Å². The molecule has 3 aromatic rings. The first kappa shape index (κ1) is 34.2. The molecule has 3 aromatic carbocycles. The van der Waals surface area contributed by atoms with Crippen molar-refractivity contribution < 1.29 is 46.9 Å². The molecule has 1 aliphatic rings. The van der Waals surface area contributed by atoms with Crippen molar-refractivity contribution in [1.29, 1.82) is 0 Å². The number of ether oxygens (including phenoxy) is 3. The third kappa shape index (κ3) is 8.13. The van der Waals surface area contributed by atoms with Crippen molar-refractivity contribution >= 4 is 40.6 Å². The van der Waals surface area contributed by atoms with Crippen LogP contribution in [0.4, 0.5) is 24.5 Å². The molecule has 1 amide bonds. The average Bonchev–Trinajstić information content (AvgIpc) is 3.26. The molecule has 1 aliphatic heterocycles. The van der Waals surface area contributed by atoms with E-state index in [4.69, 9.17) is 31.0 Å². The highest BCUT2D eigenvalue weighted by Crippen LogP contribution is 2.45. The molecule has 0 saturated carbocycles. The molecule has 46 heavy (non-hydrogen) atoms. The number of carboxylic acids is 1. The summed E-state index contributed by atoms with van der Waals surface area (Å²) in [5, 5.41) is 16.5. The summed E-state index contributed by atoms with van der Waals surface area (Å²) < 4.78 is 54.5. The lowest BCUT2D eigenvalue weighted by Crippen LogP contribution is -2.39. The molecule has 0 saturated heterocycles. The Balaban J connectivity index is 1.78. The summed E-state index contributed by atoms with van der Waals surface area (Å²) in [6.45, 7) is 5.49. The normalized spacial score (nSPS) is 14.7. The second kappa shape index (κ2) is 13.8. The Hall–Kier alpha value is -4.65. The molecule has 0 radical (unpaired) electrons. The fraction of sp³-hybridized carbons (Fsp3) is 0.344. The topological polar surface area (TPSA) is 119 Å². The van der Waals surface area contributed by atoms with Crippen molar-refractivity contribution in [3.05, 3.63) is 76.3 Å². The number of carbonyl (C=O) groups is 2. The van der Waals surface area contributed by atoms with Gasteiger partial charge in [-0.15, -0.1) is 13.2 Å². The molecule has 1 heterocycles. The van der Waals surface area contributed by atoms with Crippen LogP contribution in [-0.4, -0.2) is 56.4 Å². The lowest BCUT2D eigenvalue weighted by atomic mass is 9.87. The Morgan fingerprint density at radius 3 is 2.46 bits per heavy atom. The van der Waals surface area contributed by atoms with E-state index in [2.05, 4.69) is 15.2 Å². The number of amides is 1. The highest BCUT2D eigenvalue weighted by atomic mass is 35.5. The van der Waals surface area contributed by atoms with Gasteiger partial charge in [0.25, 0.3) is 5.91 Å². The van der Waals surface area contributed by atoms with Crippen molar-refractivity contribution in [3.8, 4) is 17.2 Å². The Morgan fingerprint density at radius 2 is 1.80 bits per heavy atom. The number of anilines is 2. The minimum atomic E-state index is -4.91. The van der Waals surface area contributed by atoms with E-state index in [1.165, 1.54) is 37.3 Å². The molecule has 0 aliphatic carbocycles. The van der Waals surface area contributed by atoms with Gasteiger partial charge < -0.3 is 34.4 Å². The number of hydrogen-bond acceptors (Lipinski definition) is 8. The maximum Gasteiger partial charge on any atom is 0.573 e. The van der Waals surface area contributed by atoms with Gasteiger partial charge in [0.2, 0.25) is 0 Å². The number of oxime groups is 1. The zero-order valence-electron chi connectivity index (χ0n) is 25.7. The Labute approximate surface area is 268 Å². The maximum absolute atomic E-state index is 14.5. The first-order valence-corrected chi connectivity index (χ1v) is 14.4. The SMILES string of the molecule is COc1cc(NC(C(=O)N2CC(C)(C)c3ccc(OC(F)(F)F)cc32)c2ccc(Cl)cc2OC)cc(/C(C)=N/OCCC(=O)O)c1. The predicted octanol–water partition coefficient (Wildman–Crippen LogP) is 6.95.